The van der Waals surface area contributed by atoms with Gasteiger partial charge in [-0.15, -0.1) is 11.8 Å². The summed E-state index contributed by atoms with van der Waals surface area (Å²) >= 11 is 1.26. The van der Waals surface area contributed by atoms with Gasteiger partial charge < -0.3 is 19.9 Å². The summed E-state index contributed by atoms with van der Waals surface area (Å²) in [6.45, 7) is 3.61. The first-order valence-electron chi connectivity index (χ1n) is 9.80. The highest BCUT2D eigenvalue weighted by Crippen LogP contribution is 2.23. The summed E-state index contributed by atoms with van der Waals surface area (Å²) in [6.07, 6.45) is 0. The summed E-state index contributed by atoms with van der Waals surface area (Å²) < 4.78 is 18.3. The number of benzene rings is 2. The Balaban J connectivity index is 1.46. The molecular weight excluding hydrogens is 405 g/mol. The van der Waals surface area contributed by atoms with Crippen LogP contribution in [0.25, 0.3) is 0 Å². The van der Waals surface area contributed by atoms with Gasteiger partial charge in [0.25, 0.3) is 0 Å². The Morgan fingerprint density at radius 1 is 1.10 bits per heavy atom. The van der Waals surface area contributed by atoms with Crippen LogP contribution in [0.3, 0.4) is 0 Å². The molecule has 2 amide bonds. The van der Waals surface area contributed by atoms with Crippen LogP contribution in [-0.4, -0.2) is 61.6 Å². The minimum atomic E-state index is -0.355. The fourth-order valence-electron chi connectivity index (χ4n) is 3.17. The van der Waals surface area contributed by atoms with Crippen LogP contribution in [-0.2, 0) is 20.9 Å². The van der Waals surface area contributed by atoms with Crippen molar-refractivity contribution in [3.63, 3.8) is 0 Å². The molecule has 2 aromatic rings. The number of carbonyl (C=O) groups is 2. The molecule has 0 spiro atoms. The van der Waals surface area contributed by atoms with Gasteiger partial charge in [0.15, 0.2) is 0 Å². The molecule has 160 valence electrons. The number of para-hydroxylation sites is 1. The smallest absolute Gasteiger partial charge is 0.234 e. The van der Waals surface area contributed by atoms with E-state index >= 15 is 0 Å². The third-order valence-electron chi connectivity index (χ3n) is 4.76. The van der Waals surface area contributed by atoms with Gasteiger partial charge in [0.1, 0.15) is 5.82 Å². The molecule has 0 aromatic heterocycles. The van der Waals surface area contributed by atoms with Gasteiger partial charge in [0, 0.05) is 38.1 Å². The monoisotopic (exact) mass is 431 g/mol. The molecule has 1 aliphatic heterocycles. The number of hydrogen-bond acceptors (Lipinski definition) is 5. The second kappa shape index (κ2) is 11.0. The molecular formula is C22H26FN3O3S. The van der Waals surface area contributed by atoms with Gasteiger partial charge in [0.2, 0.25) is 11.8 Å². The Morgan fingerprint density at radius 3 is 2.53 bits per heavy atom. The van der Waals surface area contributed by atoms with Gasteiger partial charge in [-0.05, 0) is 35.9 Å². The highest BCUT2D eigenvalue weighted by Gasteiger charge is 2.17. The maximum absolute atomic E-state index is 12.9. The maximum atomic E-state index is 12.9. The van der Waals surface area contributed by atoms with Crippen LogP contribution in [0.2, 0.25) is 0 Å². The molecule has 3 rings (SSSR count). The molecule has 1 aliphatic rings. The molecule has 0 bridgehead atoms. The highest BCUT2D eigenvalue weighted by molar-refractivity contribution is 8.00. The zero-order valence-electron chi connectivity index (χ0n) is 17.0. The van der Waals surface area contributed by atoms with Gasteiger partial charge in [-0.1, -0.05) is 18.2 Å². The lowest BCUT2D eigenvalue weighted by Crippen LogP contribution is -2.37. The SMILES string of the molecule is CN(Cc1ccccc1N1CCOCC1)C(=O)CSCC(=O)Nc1ccc(F)cc1. The summed E-state index contributed by atoms with van der Waals surface area (Å²) in [4.78, 5) is 28.5. The topological polar surface area (TPSA) is 61.9 Å². The molecule has 6 nitrogen and oxygen atoms in total. The van der Waals surface area contributed by atoms with Crippen LogP contribution in [0.1, 0.15) is 5.56 Å². The normalized spacial score (nSPS) is 13.7. The highest BCUT2D eigenvalue weighted by atomic mass is 32.2. The molecule has 30 heavy (non-hydrogen) atoms. The van der Waals surface area contributed by atoms with E-state index in [2.05, 4.69) is 16.3 Å². The summed E-state index contributed by atoms with van der Waals surface area (Å²) in [7, 11) is 1.78. The Morgan fingerprint density at radius 2 is 1.80 bits per heavy atom. The predicted molar refractivity (Wildman–Crippen MR) is 118 cm³/mol. The van der Waals surface area contributed by atoms with E-state index in [1.165, 1.54) is 36.0 Å². The standard InChI is InChI=1S/C22H26FN3O3S/c1-25(14-17-4-2-3-5-20(17)26-10-12-29-13-11-26)22(28)16-30-15-21(27)24-19-8-6-18(23)7-9-19/h2-9H,10-16H2,1H3,(H,24,27). The predicted octanol–water partition coefficient (Wildman–Crippen LogP) is 2.99. The van der Waals surface area contributed by atoms with Gasteiger partial charge in [-0.25, -0.2) is 4.39 Å². The van der Waals surface area contributed by atoms with E-state index in [4.69, 9.17) is 4.74 Å². The Bertz CT molecular complexity index is 857. The average Bonchev–Trinajstić information content (AvgIpc) is 2.76. The summed E-state index contributed by atoms with van der Waals surface area (Å²) in [5.41, 5.74) is 2.76. The van der Waals surface area contributed by atoms with E-state index < -0.39 is 0 Å². The number of nitrogens with one attached hydrogen (secondary N) is 1. The molecule has 1 fully saturated rings. The van der Waals surface area contributed by atoms with Crippen molar-refractivity contribution in [3.8, 4) is 0 Å². The second-order valence-electron chi connectivity index (χ2n) is 7.03. The second-order valence-corrected chi connectivity index (χ2v) is 8.01. The number of hydrogen-bond donors (Lipinski definition) is 1. The third kappa shape index (κ3) is 6.47. The molecule has 0 atom stereocenters. The molecule has 1 saturated heterocycles. The summed E-state index contributed by atoms with van der Waals surface area (Å²) in [5, 5.41) is 2.69. The summed E-state index contributed by atoms with van der Waals surface area (Å²) in [6, 6.07) is 13.7. The quantitative estimate of drug-likeness (QED) is 0.696. The van der Waals surface area contributed by atoms with Gasteiger partial charge >= 0.3 is 0 Å². The van der Waals surface area contributed by atoms with E-state index in [0.29, 0.717) is 25.4 Å². The number of halogens is 1. The third-order valence-corrected chi connectivity index (χ3v) is 5.68. The first-order chi connectivity index (χ1) is 14.5. The summed E-state index contributed by atoms with van der Waals surface area (Å²) in [5.74, 6) is -0.244. The number of nitrogens with zero attached hydrogens (tertiary/aromatic N) is 2. The average molecular weight is 432 g/mol. The number of carbonyl (C=O) groups excluding carboxylic acids is 2. The van der Waals surface area contributed by atoms with E-state index in [1.54, 1.807) is 11.9 Å². The lowest BCUT2D eigenvalue weighted by Gasteiger charge is -2.31. The van der Waals surface area contributed by atoms with Crippen molar-refractivity contribution in [2.24, 2.45) is 0 Å². The minimum absolute atomic E-state index is 0.0358. The van der Waals surface area contributed by atoms with Crippen molar-refractivity contribution < 1.29 is 18.7 Å². The van der Waals surface area contributed by atoms with E-state index in [9.17, 15) is 14.0 Å². The largest absolute Gasteiger partial charge is 0.378 e. The van der Waals surface area contributed by atoms with Crippen molar-refractivity contribution in [1.82, 2.24) is 4.90 Å². The van der Waals surface area contributed by atoms with E-state index in [1.807, 2.05) is 18.2 Å². The fraction of sp³-hybridized carbons (Fsp3) is 0.364. The van der Waals surface area contributed by atoms with Crippen molar-refractivity contribution in [1.29, 1.82) is 0 Å². The van der Waals surface area contributed by atoms with Crippen molar-refractivity contribution in [2.45, 2.75) is 6.54 Å². The molecule has 0 saturated carbocycles. The number of morpholine rings is 1. The van der Waals surface area contributed by atoms with Crippen molar-refractivity contribution >= 4 is 35.0 Å². The molecule has 1 N–H and O–H groups in total. The number of amides is 2. The van der Waals surface area contributed by atoms with Crippen LogP contribution in [0.15, 0.2) is 48.5 Å². The first-order valence-corrected chi connectivity index (χ1v) is 11.0. The Labute approximate surface area is 180 Å². The van der Waals surface area contributed by atoms with E-state index in [0.717, 1.165) is 24.3 Å². The zero-order chi connectivity index (χ0) is 21.3. The van der Waals surface area contributed by atoms with Crippen molar-refractivity contribution in [2.75, 3.05) is 55.1 Å². The lowest BCUT2D eigenvalue weighted by atomic mass is 10.1. The Hall–Kier alpha value is -2.58. The zero-order valence-corrected chi connectivity index (χ0v) is 17.8. The number of rotatable bonds is 8. The number of anilines is 2. The van der Waals surface area contributed by atoms with Crippen LogP contribution in [0.4, 0.5) is 15.8 Å². The number of thioether (sulfide) groups is 1. The van der Waals surface area contributed by atoms with Gasteiger partial charge in [-0.3, -0.25) is 9.59 Å². The lowest BCUT2D eigenvalue weighted by molar-refractivity contribution is -0.127. The minimum Gasteiger partial charge on any atom is -0.378 e. The molecule has 0 aliphatic carbocycles. The van der Waals surface area contributed by atoms with Crippen LogP contribution >= 0.6 is 11.8 Å². The van der Waals surface area contributed by atoms with Crippen LogP contribution in [0.5, 0.6) is 0 Å². The molecule has 2 aromatic carbocycles. The van der Waals surface area contributed by atoms with Crippen molar-refractivity contribution in [3.05, 3.63) is 59.9 Å². The van der Waals surface area contributed by atoms with Gasteiger partial charge in [-0.2, -0.15) is 0 Å². The van der Waals surface area contributed by atoms with Crippen LogP contribution in [0, 0.1) is 5.82 Å². The first kappa shape index (κ1) is 22.1. The molecule has 8 heteroatoms. The maximum Gasteiger partial charge on any atom is 0.234 e. The van der Waals surface area contributed by atoms with Crippen LogP contribution < -0.4 is 10.2 Å². The number of ether oxygens (including phenoxy) is 1. The van der Waals surface area contributed by atoms with E-state index in [-0.39, 0.29) is 29.1 Å². The molecule has 0 radical (unpaired) electrons. The Kier molecular flexibility index (Phi) is 8.10. The molecule has 1 heterocycles. The fourth-order valence-corrected chi connectivity index (χ4v) is 3.93. The van der Waals surface area contributed by atoms with Gasteiger partial charge in [0.05, 0.1) is 24.7 Å². The molecule has 0 unspecified atom stereocenters.